The lowest BCUT2D eigenvalue weighted by Gasteiger charge is -2.24. The molecular weight excluding hydrogens is 291 g/mol. The maximum atomic E-state index is 14.0. The lowest BCUT2D eigenvalue weighted by molar-refractivity contribution is 0.564. The maximum Gasteiger partial charge on any atom is 0.146 e. The molecule has 1 aromatic carbocycles. The normalized spacial score (nSPS) is 11.3. The zero-order valence-electron chi connectivity index (χ0n) is 11.4. The predicted octanol–water partition coefficient (Wildman–Crippen LogP) is 3.91. The van der Waals surface area contributed by atoms with Crippen molar-refractivity contribution in [2.24, 2.45) is 5.73 Å². The molecule has 0 fully saturated rings. The van der Waals surface area contributed by atoms with Gasteiger partial charge in [-0.1, -0.05) is 32.1 Å². The van der Waals surface area contributed by atoms with Crippen molar-refractivity contribution in [3.63, 3.8) is 0 Å². The molecule has 0 aliphatic heterocycles. The molecule has 0 saturated heterocycles. The van der Waals surface area contributed by atoms with Gasteiger partial charge in [-0.25, -0.2) is 4.39 Å². The molecule has 1 aromatic heterocycles. The Balaban J connectivity index is 2.10. The first-order valence-electron chi connectivity index (χ1n) is 6.27. The second-order valence-corrected chi connectivity index (χ2v) is 6.66. The number of rotatable bonds is 5. The predicted molar refractivity (Wildman–Crippen MR) is 88.1 cm³/mol. The molecule has 1 heterocycles. The molecule has 0 radical (unpaired) electrons. The first-order valence-corrected chi connectivity index (χ1v) is 7.56. The van der Waals surface area contributed by atoms with E-state index in [1.807, 2.05) is 6.07 Å². The number of thiophene rings is 1. The molecule has 2 aromatic rings. The fourth-order valence-corrected chi connectivity index (χ4v) is 2.86. The molecule has 20 heavy (non-hydrogen) atoms. The van der Waals surface area contributed by atoms with Crippen molar-refractivity contribution in [3.8, 4) is 0 Å². The third-order valence-electron chi connectivity index (χ3n) is 3.16. The van der Waals surface area contributed by atoms with E-state index in [1.165, 1.54) is 10.9 Å². The molecule has 2 rings (SSSR count). The van der Waals surface area contributed by atoms with Crippen LogP contribution in [-0.2, 0) is 5.41 Å². The molecule has 0 atom stereocenters. The Morgan fingerprint density at radius 3 is 2.70 bits per heavy atom. The van der Waals surface area contributed by atoms with E-state index in [-0.39, 0.29) is 16.2 Å². The summed E-state index contributed by atoms with van der Waals surface area (Å²) in [6.45, 7) is 4.91. The van der Waals surface area contributed by atoms with Crippen molar-refractivity contribution in [2.75, 3.05) is 11.9 Å². The highest BCUT2D eigenvalue weighted by atomic mass is 32.1. The largest absolute Gasteiger partial charge is 0.389 e. The highest BCUT2D eigenvalue weighted by Crippen LogP contribution is 2.28. The van der Waals surface area contributed by atoms with Crippen molar-refractivity contribution in [3.05, 3.63) is 52.0 Å². The first-order chi connectivity index (χ1) is 9.40. The van der Waals surface area contributed by atoms with Gasteiger partial charge in [0.1, 0.15) is 10.8 Å². The Bertz CT molecular complexity index is 606. The Kier molecular flexibility index (Phi) is 4.40. The van der Waals surface area contributed by atoms with Gasteiger partial charge >= 0.3 is 0 Å². The molecule has 0 aliphatic carbocycles. The van der Waals surface area contributed by atoms with Crippen molar-refractivity contribution in [1.29, 1.82) is 0 Å². The SMILES string of the molecule is CC(C)(CNc1ccc(C(N)=S)cc1F)c1cccs1. The Hall–Kier alpha value is -1.46. The van der Waals surface area contributed by atoms with E-state index in [4.69, 9.17) is 18.0 Å². The van der Waals surface area contributed by atoms with Crippen LogP contribution >= 0.6 is 23.6 Å². The number of hydrogen-bond donors (Lipinski definition) is 2. The molecule has 0 aliphatic rings. The summed E-state index contributed by atoms with van der Waals surface area (Å²) in [4.78, 5) is 1.47. The minimum atomic E-state index is -0.336. The van der Waals surface area contributed by atoms with Crippen LogP contribution in [-0.4, -0.2) is 11.5 Å². The van der Waals surface area contributed by atoms with Gasteiger partial charge in [-0.2, -0.15) is 0 Å². The van der Waals surface area contributed by atoms with Gasteiger partial charge in [-0.05, 0) is 29.6 Å². The number of nitrogens with two attached hydrogens (primary N) is 1. The summed E-state index contributed by atoms with van der Waals surface area (Å²) in [7, 11) is 0. The minimum absolute atomic E-state index is 0.0531. The van der Waals surface area contributed by atoms with Gasteiger partial charge in [0.05, 0.1) is 5.69 Å². The van der Waals surface area contributed by atoms with Crippen molar-refractivity contribution in [1.82, 2.24) is 0 Å². The molecule has 0 unspecified atom stereocenters. The van der Waals surface area contributed by atoms with E-state index in [1.54, 1.807) is 23.5 Å². The second kappa shape index (κ2) is 5.89. The number of hydrogen-bond acceptors (Lipinski definition) is 3. The summed E-state index contributed by atoms with van der Waals surface area (Å²) in [5.74, 6) is -0.336. The van der Waals surface area contributed by atoms with Crippen molar-refractivity contribution in [2.45, 2.75) is 19.3 Å². The monoisotopic (exact) mass is 308 g/mol. The third kappa shape index (κ3) is 3.35. The molecular formula is C15H17FN2S2. The first kappa shape index (κ1) is 14.9. The van der Waals surface area contributed by atoms with Gasteiger partial charge in [-0.15, -0.1) is 11.3 Å². The molecule has 0 bridgehead atoms. The fraction of sp³-hybridized carbons (Fsp3) is 0.267. The number of nitrogens with one attached hydrogen (secondary N) is 1. The Morgan fingerprint density at radius 1 is 1.40 bits per heavy atom. The highest BCUT2D eigenvalue weighted by molar-refractivity contribution is 7.80. The molecule has 2 nitrogen and oxygen atoms in total. The van der Waals surface area contributed by atoms with E-state index in [9.17, 15) is 4.39 Å². The van der Waals surface area contributed by atoms with E-state index < -0.39 is 0 Å². The number of anilines is 1. The van der Waals surface area contributed by atoms with Crippen LogP contribution in [0.5, 0.6) is 0 Å². The van der Waals surface area contributed by atoms with Gasteiger partial charge in [0, 0.05) is 22.4 Å². The molecule has 0 saturated carbocycles. The highest BCUT2D eigenvalue weighted by Gasteiger charge is 2.21. The van der Waals surface area contributed by atoms with E-state index in [0.29, 0.717) is 17.8 Å². The van der Waals surface area contributed by atoms with Crippen LogP contribution in [0, 0.1) is 5.82 Å². The summed E-state index contributed by atoms with van der Waals surface area (Å²) in [6.07, 6.45) is 0. The standard InChI is InChI=1S/C15H17FN2S2/c1-15(2,13-4-3-7-20-13)9-18-12-6-5-10(14(17)19)8-11(12)16/h3-8,18H,9H2,1-2H3,(H2,17,19). The summed E-state index contributed by atoms with van der Waals surface area (Å²) >= 11 is 6.54. The lowest BCUT2D eigenvalue weighted by atomic mass is 9.91. The minimum Gasteiger partial charge on any atom is -0.389 e. The van der Waals surface area contributed by atoms with Crippen molar-refractivity contribution >= 4 is 34.2 Å². The summed E-state index contributed by atoms with van der Waals surface area (Å²) in [5.41, 5.74) is 6.44. The zero-order chi connectivity index (χ0) is 14.8. The van der Waals surface area contributed by atoms with Gasteiger partial charge in [0.25, 0.3) is 0 Å². The van der Waals surface area contributed by atoms with Gasteiger partial charge in [0.15, 0.2) is 0 Å². The van der Waals surface area contributed by atoms with E-state index >= 15 is 0 Å². The Morgan fingerprint density at radius 2 is 2.15 bits per heavy atom. The molecule has 0 spiro atoms. The van der Waals surface area contributed by atoms with E-state index in [0.717, 1.165) is 0 Å². The molecule has 5 heteroatoms. The van der Waals surface area contributed by atoms with Crippen LogP contribution in [0.15, 0.2) is 35.7 Å². The summed E-state index contributed by atoms with van der Waals surface area (Å²) in [6, 6.07) is 8.89. The quantitative estimate of drug-likeness (QED) is 0.822. The van der Waals surface area contributed by atoms with Crippen LogP contribution < -0.4 is 11.1 Å². The Labute approximate surface area is 127 Å². The number of benzene rings is 1. The number of halogens is 1. The van der Waals surface area contributed by atoms with Crippen LogP contribution in [0.25, 0.3) is 0 Å². The number of thiocarbonyl (C=S) groups is 1. The van der Waals surface area contributed by atoms with Crippen LogP contribution in [0.3, 0.4) is 0 Å². The van der Waals surface area contributed by atoms with Gasteiger partial charge < -0.3 is 11.1 Å². The van der Waals surface area contributed by atoms with Crippen LogP contribution in [0.1, 0.15) is 24.3 Å². The van der Waals surface area contributed by atoms with E-state index in [2.05, 4.69) is 30.6 Å². The summed E-state index contributed by atoms with van der Waals surface area (Å²) in [5, 5.41) is 5.21. The van der Waals surface area contributed by atoms with Crippen LogP contribution in [0.4, 0.5) is 10.1 Å². The maximum absolute atomic E-state index is 14.0. The average Bonchev–Trinajstić information content (AvgIpc) is 2.91. The second-order valence-electron chi connectivity index (χ2n) is 5.27. The molecule has 106 valence electrons. The summed E-state index contributed by atoms with van der Waals surface area (Å²) < 4.78 is 14.0. The van der Waals surface area contributed by atoms with Crippen molar-refractivity contribution < 1.29 is 4.39 Å². The topological polar surface area (TPSA) is 38.0 Å². The fourth-order valence-electron chi connectivity index (χ4n) is 1.88. The third-order valence-corrected chi connectivity index (χ3v) is 4.63. The average molecular weight is 308 g/mol. The lowest BCUT2D eigenvalue weighted by Crippen LogP contribution is -2.27. The zero-order valence-corrected chi connectivity index (χ0v) is 13.1. The van der Waals surface area contributed by atoms with Gasteiger partial charge in [-0.3, -0.25) is 0 Å². The van der Waals surface area contributed by atoms with Crippen LogP contribution in [0.2, 0.25) is 0 Å². The smallest absolute Gasteiger partial charge is 0.146 e. The molecule has 3 N–H and O–H groups in total. The van der Waals surface area contributed by atoms with Gasteiger partial charge in [0.2, 0.25) is 0 Å². The molecule has 0 amide bonds.